The van der Waals surface area contributed by atoms with Crippen LogP contribution in [0.25, 0.3) is 5.69 Å². The molecule has 8 heteroatoms. The van der Waals surface area contributed by atoms with Crippen molar-refractivity contribution in [1.29, 1.82) is 0 Å². The molecule has 4 aromatic rings. The highest BCUT2D eigenvalue weighted by molar-refractivity contribution is 5.39. The number of nitrogens with zero attached hydrogens (tertiary/aromatic N) is 4. The van der Waals surface area contributed by atoms with Crippen molar-refractivity contribution in [3.63, 3.8) is 0 Å². The predicted octanol–water partition coefficient (Wildman–Crippen LogP) is 3.06. The third kappa shape index (κ3) is 4.65. The van der Waals surface area contributed by atoms with E-state index in [2.05, 4.69) is 15.6 Å². The second kappa shape index (κ2) is 8.85. The van der Waals surface area contributed by atoms with Crippen LogP contribution in [0.3, 0.4) is 0 Å². The van der Waals surface area contributed by atoms with Crippen LogP contribution in [0, 0.1) is 6.92 Å². The van der Waals surface area contributed by atoms with Crippen molar-refractivity contribution in [2.45, 2.75) is 20.0 Å². The van der Waals surface area contributed by atoms with Gasteiger partial charge in [-0.1, -0.05) is 23.4 Å². The molecule has 2 heterocycles. The number of hydrogen-bond acceptors (Lipinski definition) is 6. The molecule has 0 aliphatic carbocycles. The number of aromatic nitrogens is 4. The van der Waals surface area contributed by atoms with Crippen molar-refractivity contribution in [1.82, 2.24) is 24.9 Å². The summed E-state index contributed by atoms with van der Waals surface area (Å²) in [4.78, 5) is 11.8. The number of aromatic hydroxyl groups is 1. The van der Waals surface area contributed by atoms with E-state index in [9.17, 15) is 9.90 Å². The average molecular weight is 417 g/mol. The highest BCUT2D eigenvalue weighted by Crippen LogP contribution is 2.22. The Morgan fingerprint density at radius 3 is 2.48 bits per heavy atom. The van der Waals surface area contributed by atoms with Gasteiger partial charge in [-0.05, 0) is 43.3 Å². The fourth-order valence-electron chi connectivity index (χ4n) is 3.18. The maximum absolute atomic E-state index is 11.8. The van der Waals surface area contributed by atoms with Crippen molar-refractivity contribution < 1.29 is 9.84 Å². The first-order chi connectivity index (χ1) is 15.0. The summed E-state index contributed by atoms with van der Waals surface area (Å²) in [5.74, 6) is 1.28. The van der Waals surface area contributed by atoms with E-state index in [1.54, 1.807) is 9.25 Å². The van der Waals surface area contributed by atoms with Crippen LogP contribution in [0.15, 0.2) is 71.7 Å². The van der Waals surface area contributed by atoms with Gasteiger partial charge in [0, 0.05) is 31.9 Å². The first-order valence-corrected chi connectivity index (χ1v) is 9.85. The highest BCUT2D eigenvalue weighted by Gasteiger charge is 2.11. The van der Waals surface area contributed by atoms with Crippen molar-refractivity contribution in [2.24, 2.45) is 7.05 Å². The Kier molecular flexibility index (Phi) is 5.81. The van der Waals surface area contributed by atoms with Crippen molar-refractivity contribution >= 4 is 0 Å². The van der Waals surface area contributed by atoms with Gasteiger partial charge in [0.15, 0.2) is 5.75 Å². The number of benzene rings is 2. The molecule has 0 unspecified atom stereocenters. The molecule has 0 aliphatic heterocycles. The van der Waals surface area contributed by atoms with Gasteiger partial charge in [-0.15, -0.1) is 5.10 Å². The third-order valence-electron chi connectivity index (χ3n) is 5.00. The minimum absolute atomic E-state index is 0.234. The molecule has 2 aromatic heterocycles. The van der Waals surface area contributed by atoms with E-state index in [1.807, 2.05) is 74.8 Å². The van der Waals surface area contributed by atoms with Crippen LogP contribution in [-0.2, 0) is 20.1 Å². The Bertz CT molecular complexity index is 1230. The van der Waals surface area contributed by atoms with Gasteiger partial charge in [0.05, 0.1) is 23.3 Å². The average Bonchev–Trinajstić information content (AvgIpc) is 3.25. The van der Waals surface area contributed by atoms with Crippen LogP contribution >= 0.6 is 0 Å². The molecule has 0 spiro atoms. The Labute approximate surface area is 179 Å². The van der Waals surface area contributed by atoms with E-state index < -0.39 is 0 Å². The SMILES string of the molecule is Cc1cc(=O)c(O)c(CNCc2cn(-c3ccc(Oc4ccccc4)cc3)nn2)n1C. The lowest BCUT2D eigenvalue weighted by Gasteiger charge is -2.13. The molecule has 0 saturated heterocycles. The van der Waals surface area contributed by atoms with Crippen LogP contribution in [0.5, 0.6) is 17.2 Å². The molecule has 0 aliphatic rings. The summed E-state index contributed by atoms with van der Waals surface area (Å²) in [6.07, 6.45) is 1.83. The number of nitrogens with one attached hydrogen (secondary N) is 1. The standard InChI is InChI=1S/C23H23N5O3/c1-16-12-22(29)23(30)21(27(16)2)14-24-13-17-15-28(26-25-17)18-8-10-20(11-9-18)31-19-6-4-3-5-7-19/h3-12,15,24,30H,13-14H2,1-2H3. The molecule has 0 atom stereocenters. The van der Waals surface area contributed by atoms with Crippen LogP contribution in [0.1, 0.15) is 17.1 Å². The Morgan fingerprint density at radius 2 is 1.74 bits per heavy atom. The summed E-state index contributed by atoms with van der Waals surface area (Å²) in [6, 6.07) is 18.6. The molecule has 2 aromatic carbocycles. The molecule has 0 radical (unpaired) electrons. The lowest BCUT2D eigenvalue weighted by molar-refractivity contribution is 0.445. The van der Waals surface area contributed by atoms with E-state index in [4.69, 9.17) is 4.74 Å². The molecule has 158 valence electrons. The molecule has 0 amide bonds. The molecule has 8 nitrogen and oxygen atoms in total. The number of hydrogen-bond donors (Lipinski definition) is 2. The molecule has 4 rings (SSSR count). The second-order valence-corrected chi connectivity index (χ2v) is 7.17. The van der Waals surface area contributed by atoms with Crippen LogP contribution in [0.4, 0.5) is 0 Å². The Hall–Kier alpha value is -3.91. The van der Waals surface area contributed by atoms with Gasteiger partial charge in [-0.25, -0.2) is 4.68 Å². The smallest absolute Gasteiger partial charge is 0.223 e. The van der Waals surface area contributed by atoms with Crippen LogP contribution in [0.2, 0.25) is 0 Å². The molecule has 2 N–H and O–H groups in total. The van der Waals surface area contributed by atoms with Gasteiger partial charge in [-0.2, -0.15) is 0 Å². The van der Waals surface area contributed by atoms with Gasteiger partial charge in [-0.3, -0.25) is 4.79 Å². The quantitative estimate of drug-likeness (QED) is 0.480. The molecule has 0 bridgehead atoms. The second-order valence-electron chi connectivity index (χ2n) is 7.17. The van der Waals surface area contributed by atoms with E-state index in [1.165, 1.54) is 6.07 Å². The first kappa shape index (κ1) is 20.4. The normalized spacial score (nSPS) is 10.9. The summed E-state index contributed by atoms with van der Waals surface area (Å²) in [6.45, 7) is 2.60. The summed E-state index contributed by atoms with van der Waals surface area (Å²) in [7, 11) is 1.81. The van der Waals surface area contributed by atoms with E-state index in [0.717, 1.165) is 28.6 Å². The summed E-state index contributed by atoms with van der Waals surface area (Å²) in [5.41, 5.74) is 2.54. The monoisotopic (exact) mass is 417 g/mol. The van der Waals surface area contributed by atoms with Crippen molar-refractivity contribution in [3.05, 3.63) is 94.2 Å². The van der Waals surface area contributed by atoms with E-state index >= 15 is 0 Å². The number of para-hydroxylation sites is 1. The number of pyridine rings is 1. The maximum Gasteiger partial charge on any atom is 0.223 e. The molecular formula is C23H23N5O3. The van der Waals surface area contributed by atoms with Crippen molar-refractivity contribution in [3.8, 4) is 22.9 Å². The van der Waals surface area contributed by atoms with E-state index in [0.29, 0.717) is 18.8 Å². The van der Waals surface area contributed by atoms with Gasteiger partial charge in [0.1, 0.15) is 11.5 Å². The lowest BCUT2D eigenvalue weighted by atomic mass is 10.2. The molecule has 0 fully saturated rings. The van der Waals surface area contributed by atoms with Gasteiger partial charge in [0.2, 0.25) is 5.43 Å². The molecular weight excluding hydrogens is 394 g/mol. The largest absolute Gasteiger partial charge is 0.503 e. The third-order valence-corrected chi connectivity index (χ3v) is 5.00. The fraction of sp³-hybridized carbons (Fsp3) is 0.174. The zero-order valence-electron chi connectivity index (χ0n) is 17.3. The molecule has 31 heavy (non-hydrogen) atoms. The lowest BCUT2D eigenvalue weighted by Crippen LogP contribution is -2.20. The van der Waals surface area contributed by atoms with Crippen molar-refractivity contribution in [2.75, 3.05) is 0 Å². The van der Waals surface area contributed by atoms with Gasteiger partial charge in [0.25, 0.3) is 0 Å². The van der Waals surface area contributed by atoms with Gasteiger partial charge < -0.3 is 19.7 Å². The zero-order valence-corrected chi connectivity index (χ0v) is 17.3. The Balaban J connectivity index is 1.38. The highest BCUT2D eigenvalue weighted by atomic mass is 16.5. The maximum atomic E-state index is 11.8. The zero-order chi connectivity index (χ0) is 21.8. The number of rotatable bonds is 7. The minimum atomic E-state index is -0.377. The van der Waals surface area contributed by atoms with Gasteiger partial charge >= 0.3 is 0 Å². The predicted molar refractivity (Wildman–Crippen MR) is 117 cm³/mol. The van der Waals surface area contributed by atoms with E-state index in [-0.39, 0.29) is 11.2 Å². The van der Waals surface area contributed by atoms with Crippen LogP contribution in [-0.4, -0.2) is 24.7 Å². The topological polar surface area (TPSA) is 94.2 Å². The van der Waals surface area contributed by atoms with Crippen LogP contribution < -0.4 is 15.5 Å². The Morgan fingerprint density at radius 1 is 1.03 bits per heavy atom. The fourth-order valence-corrected chi connectivity index (χ4v) is 3.18. The first-order valence-electron chi connectivity index (χ1n) is 9.85. The number of ether oxygens (including phenoxy) is 1. The molecule has 0 saturated carbocycles. The summed E-state index contributed by atoms with van der Waals surface area (Å²) >= 11 is 0. The summed E-state index contributed by atoms with van der Waals surface area (Å²) < 4.78 is 9.28. The number of aryl methyl sites for hydroxylation is 1. The summed E-state index contributed by atoms with van der Waals surface area (Å²) in [5, 5.41) is 21.6. The minimum Gasteiger partial charge on any atom is -0.503 e.